The molecule has 1 N–H and O–H groups in total. The van der Waals surface area contributed by atoms with E-state index in [4.69, 9.17) is 14.8 Å². The molecule has 1 aliphatic carbocycles. The van der Waals surface area contributed by atoms with Crippen LogP contribution in [0.2, 0.25) is 0 Å². The van der Waals surface area contributed by atoms with Crippen molar-refractivity contribution < 1.29 is 28.2 Å². The van der Waals surface area contributed by atoms with Crippen LogP contribution in [-0.2, 0) is 9.53 Å². The lowest BCUT2D eigenvalue weighted by Gasteiger charge is -2.18. The van der Waals surface area contributed by atoms with Gasteiger partial charge in [-0.1, -0.05) is 36.4 Å². The number of ether oxygens (including phenoxy) is 1. The summed E-state index contributed by atoms with van der Waals surface area (Å²) >= 11 is 0. The van der Waals surface area contributed by atoms with Gasteiger partial charge in [-0.25, -0.2) is 13.6 Å². The number of aromatic nitrogens is 2. The summed E-state index contributed by atoms with van der Waals surface area (Å²) in [4.78, 5) is 32.7. The molecule has 5 rings (SSSR count). The van der Waals surface area contributed by atoms with Crippen molar-refractivity contribution in [2.75, 3.05) is 0 Å². The average molecular weight is 529 g/mol. The van der Waals surface area contributed by atoms with Crippen molar-refractivity contribution in [2.45, 2.75) is 43.9 Å². The van der Waals surface area contributed by atoms with Crippen molar-refractivity contribution in [2.24, 2.45) is 0 Å². The zero-order valence-corrected chi connectivity index (χ0v) is 21.0. The molecule has 4 aromatic rings. The van der Waals surface area contributed by atoms with Gasteiger partial charge in [-0.2, -0.15) is 0 Å². The number of fused-ring (bicyclic) bond motifs is 1. The molecule has 0 saturated heterocycles. The van der Waals surface area contributed by atoms with Gasteiger partial charge in [0, 0.05) is 41.2 Å². The van der Waals surface area contributed by atoms with Gasteiger partial charge in [0.15, 0.2) is 0 Å². The minimum absolute atomic E-state index is 0.197. The molecule has 6 nitrogen and oxygen atoms in total. The molecule has 2 aromatic carbocycles. The zero-order valence-electron chi connectivity index (χ0n) is 21.0. The van der Waals surface area contributed by atoms with Crippen molar-refractivity contribution in [3.05, 3.63) is 102 Å². The molecule has 0 spiro atoms. The third-order valence-corrected chi connectivity index (χ3v) is 6.57. The van der Waals surface area contributed by atoms with E-state index in [1.54, 1.807) is 30.4 Å². The molecule has 0 unspecified atom stereocenters. The van der Waals surface area contributed by atoms with Gasteiger partial charge in [0.2, 0.25) is 0 Å². The molecule has 0 radical (unpaired) electrons. The SMILES string of the molecule is O=C(O)C[C@@H](F)C[C@@H](/C=C/c1c(C2CC2)nc2ccccc2c1-c1ccc(F)cc1)OC(=O)c1cccnc1. The van der Waals surface area contributed by atoms with Gasteiger partial charge in [-0.05, 0) is 54.8 Å². The van der Waals surface area contributed by atoms with Crippen LogP contribution in [0, 0.1) is 5.82 Å². The summed E-state index contributed by atoms with van der Waals surface area (Å²) in [7, 11) is 0. The van der Waals surface area contributed by atoms with E-state index in [-0.39, 0.29) is 23.7 Å². The molecular formula is C31H26F2N2O4. The maximum atomic E-state index is 14.6. The Morgan fingerprint density at radius 1 is 1.08 bits per heavy atom. The molecule has 1 fully saturated rings. The normalized spacial score (nSPS) is 14.8. The summed E-state index contributed by atoms with van der Waals surface area (Å²) in [6.45, 7) is 0. The second kappa shape index (κ2) is 11.5. The second-order valence-corrected chi connectivity index (χ2v) is 9.56. The van der Waals surface area contributed by atoms with Crippen LogP contribution in [0.25, 0.3) is 28.1 Å². The van der Waals surface area contributed by atoms with Crippen LogP contribution in [0.1, 0.15) is 53.2 Å². The summed E-state index contributed by atoms with van der Waals surface area (Å²) < 4.78 is 34.0. The highest BCUT2D eigenvalue weighted by Gasteiger charge is 2.30. The number of carbonyl (C=O) groups is 2. The highest BCUT2D eigenvalue weighted by atomic mass is 19.1. The zero-order chi connectivity index (χ0) is 27.4. The standard InChI is InChI=1S/C31H26F2N2O4/c32-22-11-9-19(10-12-22)29-25-5-1-2-6-27(25)35-30(20-7-8-20)26(29)14-13-24(16-23(33)17-28(36)37)39-31(38)21-4-3-15-34-18-21/h1-6,9-15,18,20,23-24H,7-8,16-17H2,(H,36,37)/b14-13+/t23-,24+/m0/s1. The first-order chi connectivity index (χ1) is 18.9. The quantitative estimate of drug-likeness (QED) is 0.229. The van der Waals surface area contributed by atoms with Gasteiger partial charge in [0.25, 0.3) is 0 Å². The number of pyridine rings is 2. The predicted octanol–water partition coefficient (Wildman–Crippen LogP) is 6.76. The van der Waals surface area contributed by atoms with Gasteiger partial charge in [-0.15, -0.1) is 0 Å². The summed E-state index contributed by atoms with van der Waals surface area (Å²) in [5, 5.41) is 9.91. The van der Waals surface area contributed by atoms with E-state index in [9.17, 15) is 18.4 Å². The summed E-state index contributed by atoms with van der Waals surface area (Å²) in [6, 6.07) is 17.0. The molecule has 1 aliphatic rings. The van der Waals surface area contributed by atoms with Crippen molar-refractivity contribution in [3.8, 4) is 11.1 Å². The third-order valence-electron chi connectivity index (χ3n) is 6.57. The fraction of sp³-hybridized carbons (Fsp3) is 0.226. The maximum Gasteiger partial charge on any atom is 0.340 e. The average Bonchev–Trinajstić information content (AvgIpc) is 3.77. The molecule has 0 amide bonds. The number of para-hydroxylation sites is 1. The third kappa shape index (κ3) is 6.34. The number of carbonyl (C=O) groups excluding carboxylic acids is 1. The van der Waals surface area contributed by atoms with Gasteiger partial charge in [0.05, 0.1) is 23.2 Å². The Kier molecular flexibility index (Phi) is 7.72. The Morgan fingerprint density at radius 2 is 1.85 bits per heavy atom. The van der Waals surface area contributed by atoms with Gasteiger partial charge < -0.3 is 9.84 Å². The van der Waals surface area contributed by atoms with E-state index in [0.29, 0.717) is 0 Å². The van der Waals surface area contributed by atoms with Crippen molar-refractivity contribution >= 4 is 28.9 Å². The van der Waals surface area contributed by atoms with Gasteiger partial charge in [0.1, 0.15) is 18.1 Å². The number of carboxylic acid groups (broad SMARTS) is 1. The lowest BCUT2D eigenvalue weighted by Crippen LogP contribution is -2.22. The topological polar surface area (TPSA) is 89.4 Å². The number of esters is 1. The van der Waals surface area contributed by atoms with Crippen molar-refractivity contribution in [3.63, 3.8) is 0 Å². The maximum absolute atomic E-state index is 14.6. The van der Waals surface area contributed by atoms with Crippen LogP contribution in [-0.4, -0.2) is 39.3 Å². The Hall–Kier alpha value is -4.46. The molecule has 0 bridgehead atoms. The first kappa shape index (κ1) is 26.2. The monoisotopic (exact) mass is 528 g/mol. The number of hydrogen-bond acceptors (Lipinski definition) is 5. The molecule has 1 saturated carbocycles. The lowest BCUT2D eigenvalue weighted by atomic mass is 9.92. The molecule has 198 valence electrons. The number of rotatable bonds is 10. The Labute approximate surface area is 224 Å². The molecule has 2 aromatic heterocycles. The minimum Gasteiger partial charge on any atom is -0.481 e. The number of carboxylic acids is 1. The lowest BCUT2D eigenvalue weighted by molar-refractivity contribution is -0.138. The Morgan fingerprint density at radius 3 is 2.54 bits per heavy atom. The highest BCUT2D eigenvalue weighted by molar-refractivity contribution is 5.99. The molecular weight excluding hydrogens is 502 g/mol. The Balaban J connectivity index is 1.58. The van der Waals surface area contributed by atoms with Gasteiger partial charge >= 0.3 is 11.9 Å². The number of halogens is 2. The first-order valence-corrected chi connectivity index (χ1v) is 12.7. The molecule has 0 aliphatic heterocycles. The largest absolute Gasteiger partial charge is 0.481 e. The first-order valence-electron chi connectivity index (χ1n) is 12.7. The smallest absolute Gasteiger partial charge is 0.340 e. The van der Waals surface area contributed by atoms with Crippen molar-refractivity contribution in [1.82, 2.24) is 9.97 Å². The van der Waals surface area contributed by atoms with Crippen LogP contribution in [0.3, 0.4) is 0 Å². The number of benzene rings is 2. The summed E-state index contributed by atoms with van der Waals surface area (Å²) in [5.74, 6) is -2.09. The van der Waals surface area contributed by atoms with Crippen molar-refractivity contribution in [1.29, 1.82) is 0 Å². The number of aliphatic carboxylic acids is 1. The number of hydrogen-bond donors (Lipinski definition) is 1. The molecule has 2 atom stereocenters. The number of alkyl halides is 1. The highest BCUT2D eigenvalue weighted by Crippen LogP contribution is 2.45. The minimum atomic E-state index is -1.73. The predicted molar refractivity (Wildman–Crippen MR) is 143 cm³/mol. The summed E-state index contributed by atoms with van der Waals surface area (Å²) in [5.41, 5.74) is 4.28. The fourth-order valence-electron chi connectivity index (χ4n) is 4.59. The molecule has 8 heteroatoms. The van der Waals surface area contributed by atoms with E-state index in [1.165, 1.54) is 30.6 Å². The van der Waals surface area contributed by atoms with E-state index in [1.807, 2.05) is 24.3 Å². The van der Waals surface area contributed by atoms with E-state index in [0.717, 1.165) is 46.1 Å². The van der Waals surface area contributed by atoms with Crippen LogP contribution < -0.4 is 0 Å². The molecule has 2 heterocycles. The van der Waals surface area contributed by atoms with E-state index >= 15 is 0 Å². The number of nitrogens with zero attached hydrogens (tertiary/aromatic N) is 2. The summed E-state index contributed by atoms with van der Waals surface area (Å²) in [6.07, 6.45) is 4.33. The second-order valence-electron chi connectivity index (χ2n) is 9.56. The van der Waals surface area contributed by atoms with Crippen LogP contribution >= 0.6 is 0 Å². The van der Waals surface area contributed by atoms with Crippen LogP contribution in [0.4, 0.5) is 8.78 Å². The Bertz CT molecular complexity index is 1520. The van der Waals surface area contributed by atoms with E-state index in [2.05, 4.69) is 4.98 Å². The molecule has 39 heavy (non-hydrogen) atoms. The fourth-order valence-corrected chi connectivity index (χ4v) is 4.59. The van der Waals surface area contributed by atoms with E-state index < -0.39 is 30.6 Å². The van der Waals surface area contributed by atoms with Crippen LogP contribution in [0.15, 0.2) is 79.1 Å². The van der Waals surface area contributed by atoms with Crippen LogP contribution in [0.5, 0.6) is 0 Å². The van der Waals surface area contributed by atoms with Gasteiger partial charge in [-0.3, -0.25) is 14.8 Å².